The fourth-order valence-corrected chi connectivity index (χ4v) is 3.52. The predicted octanol–water partition coefficient (Wildman–Crippen LogP) is 6.03. The molecule has 0 unspecified atom stereocenters. The highest BCUT2D eigenvalue weighted by Crippen LogP contribution is 2.31. The van der Waals surface area contributed by atoms with Crippen molar-refractivity contribution in [3.63, 3.8) is 0 Å². The minimum Gasteiger partial charge on any atom is -0.0625 e. The normalized spacial score (nSPS) is 22.2. The highest BCUT2D eigenvalue weighted by Gasteiger charge is 2.18. The Morgan fingerprint density at radius 3 is 2.24 bits per heavy atom. The van der Waals surface area contributed by atoms with Gasteiger partial charge in [0.15, 0.2) is 0 Å². The predicted molar refractivity (Wildman–Crippen MR) is 91.4 cm³/mol. The Bertz CT molecular complexity index is 571. The molecule has 2 aromatic carbocycles. The van der Waals surface area contributed by atoms with Gasteiger partial charge in [-0.2, -0.15) is 0 Å². The molecule has 3 rings (SSSR count). The van der Waals surface area contributed by atoms with Gasteiger partial charge >= 0.3 is 0 Å². The van der Waals surface area contributed by atoms with Gasteiger partial charge in [-0.25, -0.2) is 0 Å². The van der Waals surface area contributed by atoms with Crippen LogP contribution in [0.4, 0.5) is 0 Å². The lowest BCUT2D eigenvalue weighted by molar-refractivity contribution is 0.289. The molecule has 1 saturated carbocycles. The van der Waals surface area contributed by atoms with Crippen molar-refractivity contribution in [2.24, 2.45) is 11.8 Å². The zero-order valence-electron chi connectivity index (χ0n) is 13.3. The van der Waals surface area contributed by atoms with Crippen LogP contribution in [0.25, 0.3) is 11.1 Å². The number of rotatable bonds is 3. The summed E-state index contributed by atoms with van der Waals surface area (Å²) in [7, 11) is 0. The van der Waals surface area contributed by atoms with Crippen molar-refractivity contribution in [3.8, 4) is 11.1 Å². The average Bonchev–Trinajstić information content (AvgIpc) is 2.50. The zero-order valence-corrected chi connectivity index (χ0v) is 13.3. The van der Waals surface area contributed by atoms with Crippen LogP contribution in [0.3, 0.4) is 0 Å². The van der Waals surface area contributed by atoms with Crippen LogP contribution < -0.4 is 0 Å². The lowest BCUT2D eigenvalue weighted by atomic mass is 9.80. The Morgan fingerprint density at radius 1 is 0.857 bits per heavy atom. The van der Waals surface area contributed by atoms with Crippen LogP contribution in [-0.4, -0.2) is 0 Å². The summed E-state index contributed by atoms with van der Waals surface area (Å²) >= 11 is 0. The Balaban J connectivity index is 1.67. The highest BCUT2D eigenvalue weighted by molar-refractivity contribution is 5.64. The van der Waals surface area contributed by atoms with E-state index in [4.69, 9.17) is 0 Å². The minimum atomic E-state index is 0.908. The van der Waals surface area contributed by atoms with E-state index in [9.17, 15) is 0 Å². The number of hydrogen-bond donors (Lipinski definition) is 0. The fraction of sp³-hybridized carbons (Fsp3) is 0.429. The van der Waals surface area contributed by atoms with E-state index in [0.717, 1.165) is 11.8 Å². The number of hydrogen-bond acceptors (Lipinski definition) is 0. The zero-order chi connectivity index (χ0) is 14.7. The molecule has 1 aliphatic carbocycles. The minimum absolute atomic E-state index is 0.908. The molecule has 0 heteroatoms. The topological polar surface area (TPSA) is 0 Å². The summed E-state index contributed by atoms with van der Waals surface area (Å²) in [5.74, 6) is 1.86. The van der Waals surface area contributed by atoms with E-state index in [2.05, 4.69) is 62.4 Å². The van der Waals surface area contributed by atoms with Gasteiger partial charge in [0.2, 0.25) is 0 Å². The van der Waals surface area contributed by atoms with Gasteiger partial charge in [0.25, 0.3) is 0 Å². The van der Waals surface area contributed by atoms with Crippen LogP contribution in [0.5, 0.6) is 0 Å². The van der Waals surface area contributed by atoms with Gasteiger partial charge in [-0.3, -0.25) is 0 Å². The van der Waals surface area contributed by atoms with Crippen molar-refractivity contribution < 1.29 is 0 Å². The van der Waals surface area contributed by atoms with Crippen LogP contribution in [0.1, 0.15) is 43.7 Å². The largest absolute Gasteiger partial charge is 0.0625 e. The van der Waals surface area contributed by atoms with Crippen molar-refractivity contribution in [3.05, 3.63) is 59.7 Å². The van der Waals surface area contributed by atoms with Gasteiger partial charge in [-0.15, -0.1) is 0 Å². The third kappa shape index (κ3) is 3.75. The average molecular weight is 278 g/mol. The van der Waals surface area contributed by atoms with E-state index in [1.54, 1.807) is 0 Å². The second-order valence-corrected chi connectivity index (χ2v) is 6.90. The Morgan fingerprint density at radius 2 is 1.57 bits per heavy atom. The summed E-state index contributed by atoms with van der Waals surface area (Å²) in [5, 5.41) is 0. The van der Waals surface area contributed by atoms with E-state index >= 15 is 0 Å². The maximum atomic E-state index is 2.40. The van der Waals surface area contributed by atoms with Crippen molar-refractivity contribution in [2.75, 3.05) is 0 Å². The van der Waals surface area contributed by atoms with E-state index in [1.165, 1.54) is 54.4 Å². The van der Waals surface area contributed by atoms with Crippen molar-refractivity contribution in [1.82, 2.24) is 0 Å². The van der Waals surface area contributed by atoms with E-state index in [1.807, 2.05) is 0 Å². The van der Waals surface area contributed by atoms with Gasteiger partial charge < -0.3 is 0 Å². The van der Waals surface area contributed by atoms with E-state index in [0.29, 0.717) is 0 Å². The Labute approximate surface area is 129 Å². The van der Waals surface area contributed by atoms with E-state index < -0.39 is 0 Å². The first kappa shape index (κ1) is 14.4. The van der Waals surface area contributed by atoms with Crippen molar-refractivity contribution in [1.29, 1.82) is 0 Å². The van der Waals surface area contributed by atoms with Crippen molar-refractivity contribution in [2.45, 2.75) is 46.0 Å². The van der Waals surface area contributed by atoms with Crippen LogP contribution in [0.15, 0.2) is 48.5 Å². The lowest BCUT2D eigenvalue weighted by Gasteiger charge is -2.26. The summed E-state index contributed by atoms with van der Waals surface area (Å²) in [6.45, 7) is 4.55. The summed E-state index contributed by atoms with van der Waals surface area (Å²) in [6.07, 6.45) is 6.94. The summed E-state index contributed by atoms with van der Waals surface area (Å²) in [4.78, 5) is 0. The van der Waals surface area contributed by atoms with Crippen LogP contribution in [0, 0.1) is 18.8 Å². The molecule has 2 aromatic rings. The smallest absolute Gasteiger partial charge is 0.0181 e. The molecule has 0 atom stereocenters. The van der Waals surface area contributed by atoms with Gasteiger partial charge in [0.05, 0.1) is 0 Å². The molecule has 0 saturated heterocycles. The first-order valence-electron chi connectivity index (χ1n) is 8.36. The molecule has 1 fully saturated rings. The number of aryl methyl sites for hydroxylation is 1. The van der Waals surface area contributed by atoms with Crippen LogP contribution >= 0.6 is 0 Å². The SMILES string of the molecule is Cc1cccc(-c2ccc(CC3CCC(C)CC3)cc2)c1. The van der Waals surface area contributed by atoms with E-state index in [-0.39, 0.29) is 0 Å². The third-order valence-corrected chi connectivity index (χ3v) is 4.97. The molecule has 0 amide bonds. The second-order valence-electron chi connectivity index (χ2n) is 6.90. The lowest BCUT2D eigenvalue weighted by Crippen LogP contribution is -2.14. The summed E-state index contributed by atoms with van der Waals surface area (Å²) < 4.78 is 0. The molecule has 0 aromatic heterocycles. The second kappa shape index (κ2) is 6.47. The Hall–Kier alpha value is -1.56. The molecule has 0 radical (unpaired) electrons. The standard InChI is InChI=1S/C21H26/c1-16-6-8-18(9-7-16)15-19-10-12-20(13-11-19)21-5-3-4-17(2)14-21/h3-5,10-14,16,18H,6-9,15H2,1-2H3. The van der Waals surface area contributed by atoms with Crippen LogP contribution in [0.2, 0.25) is 0 Å². The molecular formula is C21H26. The quantitative estimate of drug-likeness (QED) is 0.643. The highest BCUT2D eigenvalue weighted by atomic mass is 14.2. The molecule has 0 nitrogen and oxygen atoms in total. The maximum absolute atomic E-state index is 2.40. The third-order valence-electron chi connectivity index (χ3n) is 4.97. The molecular weight excluding hydrogens is 252 g/mol. The van der Waals surface area contributed by atoms with Gasteiger partial charge in [0.1, 0.15) is 0 Å². The molecule has 110 valence electrons. The van der Waals surface area contributed by atoms with Crippen LogP contribution in [-0.2, 0) is 6.42 Å². The molecule has 1 aliphatic rings. The molecule has 0 aliphatic heterocycles. The summed E-state index contributed by atoms with van der Waals surface area (Å²) in [5.41, 5.74) is 5.49. The maximum Gasteiger partial charge on any atom is -0.0181 e. The molecule has 0 spiro atoms. The molecule has 0 bridgehead atoms. The Kier molecular flexibility index (Phi) is 4.43. The fourth-order valence-electron chi connectivity index (χ4n) is 3.52. The monoisotopic (exact) mass is 278 g/mol. The first-order chi connectivity index (χ1) is 10.2. The van der Waals surface area contributed by atoms with Gasteiger partial charge in [0, 0.05) is 0 Å². The summed E-state index contributed by atoms with van der Waals surface area (Å²) in [6, 6.07) is 18.0. The number of benzene rings is 2. The van der Waals surface area contributed by atoms with Crippen molar-refractivity contribution >= 4 is 0 Å². The first-order valence-corrected chi connectivity index (χ1v) is 8.36. The van der Waals surface area contributed by atoms with Gasteiger partial charge in [-0.1, -0.05) is 73.9 Å². The molecule has 0 heterocycles. The van der Waals surface area contributed by atoms with Gasteiger partial charge in [-0.05, 0) is 54.7 Å². The molecule has 0 N–H and O–H groups in total. The molecule has 21 heavy (non-hydrogen) atoms.